The van der Waals surface area contributed by atoms with Crippen LogP contribution in [-0.2, 0) is 4.74 Å². The molecule has 1 aliphatic rings. The van der Waals surface area contributed by atoms with Gasteiger partial charge >= 0.3 is 0 Å². The van der Waals surface area contributed by atoms with Crippen LogP contribution in [0.2, 0.25) is 0 Å². The third kappa shape index (κ3) is 3.30. The predicted molar refractivity (Wildman–Crippen MR) is 97.2 cm³/mol. The van der Waals surface area contributed by atoms with E-state index in [1.165, 1.54) is 0 Å². The molecule has 1 aromatic carbocycles. The lowest BCUT2D eigenvalue weighted by Crippen LogP contribution is -2.20. The number of hydrogen-bond acceptors (Lipinski definition) is 5. The average Bonchev–Trinajstić information content (AvgIpc) is 3.29. The van der Waals surface area contributed by atoms with E-state index >= 15 is 0 Å². The molecule has 130 valence electrons. The maximum atomic E-state index is 5.69. The largest absolute Gasteiger partial charge is 0.497 e. The van der Waals surface area contributed by atoms with E-state index in [4.69, 9.17) is 14.6 Å². The summed E-state index contributed by atoms with van der Waals surface area (Å²) in [4.78, 5) is 4.60. The molecule has 0 unspecified atom stereocenters. The van der Waals surface area contributed by atoms with Crippen molar-refractivity contribution in [1.29, 1.82) is 0 Å². The van der Waals surface area contributed by atoms with E-state index in [0.717, 1.165) is 60.2 Å². The second-order valence-corrected chi connectivity index (χ2v) is 6.33. The first-order valence-corrected chi connectivity index (χ1v) is 8.60. The fraction of sp³-hybridized carbons (Fsp3) is 0.368. The number of hydrogen-bond donors (Lipinski definition) is 1. The Morgan fingerprint density at radius 1 is 1.28 bits per heavy atom. The standard InChI is InChI=1S/C19H22N4O2/c1-13-10-18(20-12-16-4-3-9-25-16)23-19(21-13)11-17(22-23)14-5-7-15(24-2)8-6-14/h5-8,10-11,16,20H,3-4,9,12H2,1-2H3/t16-/m1/s1. The van der Waals surface area contributed by atoms with Crippen LogP contribution in [0.1, 0.15) is 18.5 Å². The lowest BCUT2D eigenvalue weighted by Gasteiger charge is -2.13. The van der Waals surface area contributed by atoms with E-state index in [-0.39, 0.29) is 6.10 Å². The number of nitrogens with one attached hydrogen (secondary N) is 1. The molecule has 4 rings (SSSR count). The summed E-state index contributed by atoms with van der Waals surface area (Å²) >= 11 is 0. The van der Waals surface area contributed by atoms with Gasteiger partial charge in [-0.15, -0.1) is 0 Å². The summed E-state index contributed by atoms with van der Waals surface area (Å²) in [6.07, 6.45) is 2.52. The van der Waals surface area contributed by atoms with E-state index in [1.54, 1.807) is 7.11 Å². The van der Waals surface area contributed by atoms with E-state index in [9.17, 15) is 0 Å². The van der Waals surface area contributed by atoms with Crippen molar-refractivity contribution in [2.45, 2.75) is 25.9 Å². The van der Waals surface area contributed by atoms with E-state index < -0.39 is 0 Å². The van der Waals surface area contributed by atoms with Gasteiger partial charge in [-0.2, -0.15) is 9.61 Å². The van der Waals surface area contributed by atoms with Crippen molar-refractivity contribution in [2.24, 2.45) is 0 Å². The molecule has 25 heavy (non-hydrogen) atoms. The van der Waals surface area contributed by atoms with Gasteiger partial charge in [-0.05, 0) is 44.0 Å². The number of ether oxygens (including phenoxy) is 2. The summed E-state index contributed by atoms with van der Waals surface area (Å²) < 4.78 is 12.8. The highest BCUT2D eigenvalue weighted by molar-refractivity contribution is 5.66. The fourth-order valence-corrected chi connectivity index (χ4v) is 3.15. The first kappa shape index (κ1) is 15.9. The lowest BCUT2D eigenvalue weighted by molar-refractivity contribution is 0.120. The second kappa shape index (κ2) is 6.72. The number of aryl methyl sites for hydroxylation is 1. The van der Waals surface area contributed by atoms with E-state index in [2.05, 4.69) is 10.3 Å². The second-order valence-electron chi connectivity index (χ2n) is 6.33. The Balaban J connectivity index is 1.65. The molecular weight excluding hydrogens is 316 g/mol. The highest BCUT2D eigenvalue weighted by Gasteiger charge is 2.16. The van der Waals surface area contributed by atoms with Crippen LogP contribution >= 0.6 is 0 Å². The van der Waals surface area contributed by atoms with Gasteiger partial charge < -0.3 is 14.8 Å². The summed E-state index contributed by atoms with van der Waals surface area (Å²) in [6.45, 7) is 3.65. The van der Waals surface area contributed by atoms with Crippen molar-refractivity contribution < 1.29 is 9.47 Å². The monoisotopic (exact) mass is 338 g/mol. The van der Waals surface area contributed by atoms with Crippen molar-refractivity contribution >= 4 is 11.5 Å². The molecule has 0 bridgehead atoms. The predicted octanol–water partition coefficient (Wildman–Crippen LogP) is 3.30. The minimum Gasteiger partial charge on any atom is -0.497 e. The Kier molecular flexibility index (Phi) is 4.28. The lowest BCUT2D eigenvalue weighted by atomic mass is 10.1. The van der Waals surface area contributed by atoms with Gasteiger partial charge in [-0.1, -0.05) is 0 Å². The number of fused-ring (bicyclic) bond motifs is 1. The molecule has 1 fully saturated rings. The molecule has 3 heterocycles. The van der Waals surface area contributed by atoms with Crippen LogP contribution in [-0.4, -0.2) is 41.0 Å². The van der Waals surface area contributed by atoms with Crippen LogP contribution < -0.4 is 10.1 Å². The quantitative estimate of drug-likeness (QED) is 0.773. The molecule has 2 aromatic heterocycles. The average molecular weight is 338 g/mol. The molecule has 1 atom stereocenters. The van der Waals surface area contributed by atoms with Gasteiger partial charge in [0.25, 0.3) is 0 Å². The fourth-order valence-electron chi connectivity index (χ4n) is 3.15. The molecule has 0 spiro atoms. The van der Waals surface area contributed by atoms with Gasteiger partial charge in [0.2, 0.25) is 0 Å². The maximum Gasteiger partial charge on any atom is 0.158 e. The van der Waals surface area contributed by atoms with Crippen LogP contribution in [0, 0.1) is 6.92 Å². The number of aromatic nitrogens is 3. The minimum absolute atomic E-state index is 0.278. The highest BCUT2D eigenvalue weighted by Crippen LogP contribution is 2.24. The third-order valence-electron chi connectivity index (χ3n) is 4.48. The minimum atomic E-state index is 0.278. The van der Waals surface area contributed by atoms with Gasteiger partial charge in [0.15, 0.2) is 5.65 Å². The van der Waals surface area contributed by atoms with Crippen molar-refractivity contribution in [3.63, 3.8) is 0 Å². The van der Waals surface area contributed by atoms with Crippen LogP contribution in [0.3, 0.4) is 0 Å². The highest BCUT2D eigenvalue weighted by atomic mass is 16.5. The van der Waals surface area contributed by atoms with Crippen LogP contribution in [0.5, 0.6) is 5.75 Å². The zero-order chi connectivity index (χ0) is 17.2. The molecule has 0 amide bonds. The SMILES string of the molecule is COc1ccc(-c2cc3nc(C)cc(NC[C@H]4CCCO4)n3n2)cc1. The van der Waals surface area contributed by atoms with E-state index in [0.29, 0.717) is 0 Å². The molecular formula is C19H22N4O2. The summed E-state index contributed by atoms with van der Waals surface area (Å²) in [5, 5.41) is 8.20. The normalized spacial score (nSPS) is 17.1. The smallest absolute Gasteiger partial charge is 0.158 e. The van der Waals surface area contributed by atoms with Crippen molar-refractivity contribution in [3.05, 3.63) is 42.1 Å². The topological polar surface area (TPSA) is 60.7 Å². The Morgan fingerprint density at radius 3 is 2.84 bits per heavy atom. The van der Waals surface area contributed by atoms with Crippen molar-refractivity contribution in [2.75, 3.05) is 25.6 Å². The van der Waals surface area contributed by atoms with E-state index in [1.807, 2.05) is 47.8 Å². The van der Waals surface area contributed by atoms with Gasteiger partial charge in [0, 0.05) is 36.5 Å². The summed E-state index contributed by atoms with van der Waals surface area (Å²) in [6, 6.07) is 11.9. The summed E-state index contributed by atoms with van der Waals surface area (Å²) in [7, 11) is 1.67. The molecule has 1 aliphatic heterocycles. The van der Waals surface area contributed by atoms with Gasteiger partial charge in [-0.25, -0.2) is 4.98 Å². The molecule has 0 radical (unpaired) electrons. The number of anilines is 1. The zero-order valence-corrected chi connectivity index (χ0v) is 14.5. The molecule has 1 N–H and O–H groups in total. The molecule has 0 aliphatic carbocycles. The van der Waals surface area contributed by atoms with Crippen LogP contribution in [0.15, 0.2) is 36.4 Å². The zero-order valence-electron chi connectivity index (χ0n) is 14.5. The Labute approximate surface area is 146 Å². The first-order chi connectivity index (χ1) is 12.2. The van der Waals surface area contributed by atoms with Crippen LogP contribution in [0.4, 0.5) is 5.82 Å². The van der Waals surface area contributed by atoms with Crippen molar-refractivity contribution in [1.82, 2.24) is 14.6 Å². The number of rotatable bonds is 5. The number of benzene rings is 1. The third-order valence-corrected chi connectivity index (χ3v) is 4.48. The number of methoxy groups -OCH3 is 1. The van der Waals surface area contributed by atoms with Crippen molar-refractivity contribution in [3.8, 4) is 17.0 Å². The molecule has 3 aromatic rings. The first-order valence-electron chi connectivity index (χ1n) is 8.60. The molecule has 6 nitrogen and oxygen atoms in total. The van der Waals surface area contributed by atoms with Crippen LogP contribution in [0.25, 0.3) is 16.9 Å². The van der Waals surface area contributed by atoms with Gasteiger partial charge in [-0.3, -0.25) is 0 Å². The Morgan fingerprint density at radius 2 is 2.12 bits per heavy atom. The maximum absolute atomic E-state index is 5.69. The molecule has 0 saturated carbocycles. The van der Waals surface area contributed by atoms with Gasteiger partial charge in [0.1, 0.15) is 11.6 Å². The molecule has 1 saturated heterocycles. The van der Waals surface area contributed by atoms with Gasteiger partial charge in [0.05, 0.1) is 18.9 Å². The summed E-state index contributed by atoms with van der Waals surface area (Å²) in [5.41, 5.74) is 3.72. The Hall–Kier alpha value is -2.60. The number of nitrogens with zero attached hydrogens (tertiary/aromatic N) is 3. The summed E-state index contributed by atoms with van der Waals surface area (Å²) in [5.74, 6) is 1.78. The Bertz CT molecular complexity index is 867. The molecule has 6 heteroatoms.